The van der Waals surface area contributed by atoms with Crippen molar-refractivity contribution < 1.29 is 14.6 Å². The average molecular weight is 551 g/mol. The Balaban J connectivity index is 1.68. The van der Waals surface area contributed by atoms with Crippen molar-refractivity contribution >= 4 is 5.97 Å². The molecule has 6 nitrogen and oxygen atoms in total. The van der Waals surface area contributed by atoms with Crippen LogP contribution >= 0.6 is 0 Å². The van der Waals surface area contributed by atoms with Gasteiger partial charge in [-0.05, 0) is 12.0 Å². The molecule has 0 spiro atoms. The Morgan fingerprint density at radius 2 is 1.40 bits per heavy atom. The molecule has 1 aromatic heterocycles. The Hall–Kier alpha value is -3.07. The molecule has 6 heteroatoms. The maximum absolute atomic E-state index is 12.7. The molecule has 0 amide bonds. The summed E-state index contributed by atoms with van der Waals surface area (Å²) in [7, 11) is 0. The van der Waals surface area contributed by atoms with Gasteiger partial charge in [-0.3, -0.25) is 9.59 Å². The zero-order valence-electron chi connectivity index (χ0n) is 24.6. The van der Waals surface area contributed by atoms with Crippen molar-refractivity contribution in [2.75, 3.05) is 6.61 Å². The quantitative estimate of drug-likeness (QED) is 0.140. The number of carbonyl (C=O) groups is 1. The monoisotopic (exact) mass is 550 g/mol. The summed E-state index contributed by atoms with van der Waals surface area (Å²) in [6, 6.07) is 13.0. The topological polar surface area (TPSA) is 92.3 Å². The number of aliphatic carboxylic acids is 1. The molecule has 0 aliphatic rings. The molecule has 0 radical (unpaired) electrons. The zero-order valence-corrected chi connectivity index (χ0v) is 24.6. The van der Waals surface area contributed by atoms with Gasteiger partial charge in [0.1, 0.15) is 5.92 Å². The van der Waals surface area contributed by atoms with Crippen molar-refractivity contribution in [2.45, 2.75) is 123 Å². The molecule has 1 heterocycles. The Kier molecular flexibility index (Phi) is 17.2. The van der Waals surface area contributed by atoms with Crippen LogP contribution in [0.15, 0.2) is 47.4 Å². The second-order valence-corrected chi connectivity index (χ2v) is 11.0. The number of benzene rings is 1. The summed E-state index contributed by atoms with van der Waals surface area (Å²) in [6.07, 6.45) is 22.5. The van der Waals surface area contributed by atoms with Crippen molar-refractivity contribution in [1.82, 2.24) is 4.57 Å². The first kappa shape index (κ1) is 33.1. The van der Waals surface area contributed by atoms with Crippen molar-refractivity contribution in [1.29, 1.82) is 5.26 Å². The highest BCUT2D eigenvalue weighted by Crippen LogP contribution is 2.16. The highest BCUT2D eigenvalue weighted by molar-refractivity contribution is 5.73. The van der Waals surface area contributed by atoms with Crippen molar-refractivity contribution in [2.24, 2.45) is 5.92 Å². The van der Waals surface area contributed by atoms with Crippen LogP contribution in [0.25, 0.3) is 0 Å². The summed E-state index contributed by atoms with van der Waals surface area (Å²) in [5, 5.41) is 18.6. The number of aromatic nitrogens is 1. The number of pyridine rings is 1. The largest absolute Gasteiger partial charge is 0.488 e. The standard InChI is InChI=1S/C34H50N2O4/c1-2-3-4-5-6-7-8-9-10-11-12-13-14-15-16-20-23-40-33-28-36(27-29-21-18-17-19-22-29)31(25-32(33)37)24-30(26-35)34(38)39/h17-19,21-22,25,28,30H,2-16,20,23-24,27H2,1H3,(H,38,39). The second kappa shape index (κ2) is 20.8. The maximum Gasteiger partial charge on any atom is 0.321 e. The van der Waals surface area contributed by atoms with E-state index in [4.69, 9.17) is 4.74 Å². The molecule has 40 heavy (non-hydrogen) atoms. The first-order valence-electron chi connectivity index (χ1n) is 15.6. The molecule has 0 fully saturated rings. The molecule has 2 aromatic rings. The van der Waals surface area contributed by atoms with E-state index in [1.54, 1.807) is 6.20 Å². The summed E-state index contributed by atoms with van der Waals surface area (Å²) in [5.74, 6) is -2.13. The van der Waals surface area contributed by atoms with E-state index in [9.17, 15) is 20.0 Å². The van der Waals surface area contributed by atoms with Crippen LogP contribution in [0.1, 0.15) is 121 Å². The van der Waals surface area contributed by atoms with E-state index in [1.165, 1.54) is 96.0 Å². The zero-order chi connectivity index (χ0) is 28.8. The fourth-order valence-electron chi connectivity index (χ4n) is 5.03. The summed E-state index contributed by atoms with van der Waals surface area (Å²) in [5.41, 5.74) is 1.25. The Bertz CT molecular complexity index is 1060. The number of ether oxygens (including phenoxy) is 1. The van der Waals surface area contributed by atoms with E-state index in [0.29, 0.717) is 18.8 Å². The van der Waals surface area contributed by atoms with Gasteiger partial charge in [0.15, 0.2) is 5.75 Å². The SMILES string of the molecule is CCCCCCCCCCCCCCCCCCOc1cn(Cc2ccccc2)c(CC(C#N)C(=O)O)cc1=O. The molecule has 0 saturated carbocycles. The number of hydrogen-bond acceptors (Lipinski definition) is 4. The van der Waals surface area contributed by atoms with E-state index in [-0.39, 0.29) is 17.6 Å². The van der Waals surface area contributed by atoms with Gasteiger partial charge >= 0.3 is 5.97 Å². The molecule has 0 aliphatic carbocycles. The molecular formula is C34H50N2O4. The van der Waals surface area contributed by atoms with Crippen LogP contribution in [0, 0.1) is 17.2 Å². The first-order valence-corrected chi connectivity index (χ1v) is 15.6. The number of nitrogens with zero attached hydrogens (tertiary/aromatic N) is 2. The molecular weight excluding hydrogens is 500 g/mol. The van der Waals surface area contributed by atoms with E-state index in [1.807, 2.05) is 41.0 Å². The molecule has 1 unspecified atom stereocenters. The Labute approximate surface area is 241 Å². The van der Waals surface area contributed by atoms with E-state index in [2.05, 4.69) is 6.92 Å². The highest BCUT2D eigenvalue weighted by Gasteiger charge is 2.20. The number of rotatable bonds is 23. The third kappa shape index (κ3) is 13.8. The lowest BCUT2D eigenvalue weighted by Crippen LogP contribution is -2.21. The lowest BCUT2D eigenvalue weighted by molar-refractivity contribution is -0.139. The minimum absolute atomic E-state index is 0.0344. The maximum atomic E-state index is 12.7. The molecule has 0 aliphatic heterocycles. The minimum atomic E-state index is -1.21. The predicted molar refractivity (Wildman–Crippen MR) is 162 cm³/mol. The van der Waals surface area contributed by atoms with Crippen LogP contribution in [0.2, 0.25) is 0 Å². The van der Waals surface area contributed by atoms with Crippen LogP contribution < -0.4 is 10.2 Å². The van der Waals surface area contributed by atoms with Crippen molar-refractivity contribution in [3.8, 4) is 11.8 Å². The van der Waals surface area contributed by atoms with Gasteiger partial charge in [-0.15, -0.1) is 0 Å². The molecule has 1 aromatic carbocycles. The van der Waals surface area contributed by atoms with E-state index >= 15 is 0 Å². The number of carboxylic acid groups (broad SMARTS) is 1. The lowest BCUT2D eigenvalue weighted by Gasteiger charge is -2.17. The van der Waals surface area contributed by atoms with Gasteiger partial charge in [0.05, 0.1) is 18.9 Å². The van der Waals surface area contributed by atoms with E-state index in [0.717, 1.165) is 18.4 Å². The van der Waals surface area contributed by atoms with Gasteiger partial charge in [-0.25, -0.2) is 0 Å². The van der Waals surface area contributed by atoms with Gasteiger partial charge in [-0.2, -0.15) is 5.26 Å². The molecule has 1 N–H and O–H groups in total. The molecule has 220 valence electrons. The molecule has 2 rings (SSSR count). The minimum Gasteiger partial charge on any atom is -0.488 e. The first-order chi connectivity index (χ1) is 19.5. The summed E-state index contributed by atoms with van der Waals surface area (Å²) >= 11 is 0. The number of hydrogen-bond donors (Lipinski definition) is 1. The fourth-order valence-corrected chi connectivity index (χ4v) is 5.03. The molecule has 0 saturated heterocycles. The molecule has 1 atom stereocenters. The number of nitriles is 1. The van der Waals surface area contributed by atoms with Gasteiger partial charge in [0, 0.05) is 24.7 Å². The van der Waals surface area contributed by atoms with Crippen molar-refractivity contribution in [3.63, 3.8) is 0 Å². The Morgan fingerprint density at radius 3 is 1.90 bits per heavy atom. The second-order valence-electron chi connectivity index (χ2n) is 11.0. The smallest absolute Gasteiger partial charge is 0.321 e. The van der Waals surface area contributed by atoms with Gasteiger partial charge in [-0.1, -0.05) is 134 Å². The lowest BCUT2D eigenvalue weighted by atomic mass is 10.0. The third-order valence-electron chi connectivity index (χ3n) is 7.50. The number of unbranched alkanes of at least 4 members (excludes halogenated alkanes) is 15. The van der Waals surface area contributed by atoms with Gasteiger partial charge in [0.2, 0.25) is 5.43 Å². The van der Waals surface area contributed by atoms with Crippen LogP contribution in [0.3, 0.4) is 0 Å². The molecule has 0 bridgehead atoms. The fraction of sp³-hybridized carbons (Fsp3) is 0.618. The van der Waals surface area contributed by atoms with Crippen LogP contribution in [-0.2, 0) is 17.8 Å². The summed E-state index contributed by atoms with van der Waals surface area (Å²) in [6.45, 7) is 3.21. The Morgan fingerprint density at radius 1 is 0.875 bits per heavy atom. The van der Waals surface area contributed by atoms with Crippen LogP contribution in [-0.4, -0.2) is 22.2 Å². The number of carboxylic acids is 1. The highest BCUT2D eigenvalue weighted by atomic mass is 16.5. The summed E-state index contributed by atoms with van der Waals surface area (Å²) < 4.78 is 7.68. The normalized spacial score (nSPS) is 11.7. The van der Waals surface area contributed by atoms with Crippen LogP contribution in [0.4, 0.5) is 0 Å². The third-order valence-corrected chi connectivity index (χ3v) is 7.50. The van der Waals surface area contributed by atoms with Crippen LogP contribution in [0.5, 0.6) is 5.75 Å². The average Bonchev–Trinajstić information content (AvgIpc) is 2.95. The van der Waals surface area contributed by atoms with Gasteiger partial charge in [0.25, 0.3) is 0 Å². The van der Waals surface area contributed by atoms with Gasteiger partial charge < -0.3 is 14.4 Å². The van der Waals surface area contributed by atoms with Crippen molar-refractivity contribution in [3.05, 3.63) is 64.1 Å². The summed E-state index contributed by atoms with van der Waals surface area (Å²) in [4.78, 5) is 24.1. The predicted octanol–water partition coefficient (Wildman–Crippen LogP) is 8.30. The van der Waals surface area contributed by atoms with E-state index < -0.39 is 11.9 Å².